The third kappa shape index (κ3) is 1.95. The second-order valence-electron chi connectivity index (χ2n) is 4.93. The fourth-order valence-corrected chi connectivity index (χ4v) is 2.99. The smallest absolute Gasteiger partial charge is 0.154 e. The van der Waals surface area contributed by atoms with Gasteiger partial charge in [-0.1, -0.05) is 30.9 Å². The van der Waals surface area contributed by atoms with E-state index in [-0.39, 0.29) is 0 Å². The lowest BCUT2D eigenvalue weighted by atomic mass is 9.86. The average molecular weight is 250 g/mol. The molecule has 0 atom stereocenters. The van der Waals surface area contributed by atoms with Gasteiger partial charge in [0.25, 0.3) is 0 Å². The molecule has 90 valence electrons. The largest absolute Gasteiger partial charge is 0.459 e. The van der Waals surface area contributed by atoms with Gasteiger partial charge >= 0.3 is 0 Å². The van der Waals surface area contributed by atoms with E-state index < -0.39 is 0 Å². The van der Waals surface area contributed by atoms with Gasteiger partial charge in [0.15, 0.2) is 5.58 Å². The maximum atomic E-state index is 5.97. The van der Waals surface area contributed by atoms with Crippen molar-refractivity contribution in [2.75, 3.05) is 0 Å². The maximum Gasteiger partial charge on any atom is 0.154 e. The van der Waals surface area contributed by atoms with Crippen molar-refractivity contribution in [3.8, 4) is 0 Å². The van der Waals surface area contributed by atoms with Crippen LogP contribution in [0.15, 0.2) is 16.7 Å². The summed E-state index contributed by atoms with van der Waals surface area (Å²) >= 11 is 5.94. The van der Waals surface area contributed by atoms with Crippen molar-refractivity contribution >= 4 is 22.7 Å². The Kier molecular flexibility index (Phi) is 2.83. The van der Waals surface area contributed by atoms with Crippen molar-refractivity contribution in [1.29, 1.82) is 0 Å². The molecule has 0 spiro atoms. The number of pyridine rings is 1. The van der Waals surface area contributed by atoms with Crippen LogP contribution in [0.4, 0.5) is 0 Å². The second-order valence-corrected chi connectivity index (χ2v) is 5.36. The van der Waals surface area contributed by atoms with Gasteiger partial charge in [-0.25, -0.2) is 0 Å². The molecule has 0 saturated heterocycles. The molecule has 0 aromatic carbocycles. The van der Waals surface area contributed by atoms with E-state index >= 15 is 0 Å². The fourth-order valence-electron chi connectivity index (χ4n) is 2.85. The summed E-state index contributed by atoms with van der Waals surface area (Å²) in [5, 5.41) is 0.640. The first kappa shape index (κ1) is 11.1. The standard InChI is InChI=1S/C14H16ClNO/c1-9-13-12(7-11(15)8-16-13)17-14(9)10-5-3-2-4-6-10/h7-8,10H,2-6H2,1H3. The molecule has 0 amide bonds. The van der Waals surface area contributed by atoms with Gasteiger partial charge in [-0.05, 0) is 19.8 Å². The number of nitrogens with zero attached hydrogens (tertiary/aromatic N) is 1. The molecule has 0 unspecified atom stereocenters. The predicted octanol–water partition coefficient (Wildman–Crippen LogP) is 4.84. The van der Waals surface area contributed by atoms with Crippen LogP contribution in [0.3, 0.4) is 0 Å². The average Bonchev–Trinajstić information content (AvgIpc) is 2.67. The minimum absolute atomic E-state index is 0.580. The molecule has 0 bridgehead atoms. The summed E-state index contributed by atoms with van der Waals surface area (Å²) in [5.41, 5.74) is 2.99. The summed E-state index contributed by atoms with van der Waals surface area (Å²) in [6, 6.07) is 1.86. The van der Waals surface area contributed by atoms with Gasteiger partial charge in [0, 0.05) is 23.7 Å². The topological polar surface area (TPSA) is 26.0 Å². The Balaban J connectivity index is 2.07. The molecular weight excluding hydrogens is 234 g/mol. The highest BCUT2D eigenvalue weighted by atomic mass is 35.5. The van der Waals surface area contributed by atoms with Gasteiger partial charge < -0.3 is 4.42 Å². The van der Waals surface area contributed by atoms with Crippen molar-refractivity contribution in [1.82, 2.24) is 4.98 Å². The van der Waals surface area contributed by atoms with E-state index in [9.17, 15) is 0 Å². The second kappa shape index (κ2) is 4.34. The fraction of sp³-hybridized carbons (Fsp3) is 0.500. The van der Waals surface area contributed by atoms with E-state index in [1.165, 1.54) is 37.7 Å². The molecule has 1 saturated carbocycles. The third-order valence-electron chi connectivity index (χ3n) is 3.74. The Morgan fingerprint density at radius 1 is 1.29 bits per heavy atom. The van der Waals surface area contributed by atoms with E-state index in [2.05, 4.69) is 11.9 Å². The van der Waals surface area contributed by atoms with E-state index in [1.54, 1.807) is 6.20 Å². The quantitative estimate of drug-likeness (QED) is 0.723. The number of halogens is 1. The molecule has 0 N–H and O–H groups in total. The number of aryl methyl sites for hydroxylation is 1. The summed E-state index contributed by atoms with van der Waals surface area (Å²) in [6.07, 6.45) is 8.17. The molecule has 2 nitrogen and oxygen atoms in total. The molecular formula is C14H16ClNO. The van der Waals surface area contributed by atoms with E-state index in [0.717, 1.165) is 16.9 Å². The zero-order valence-electron chi connectivity index (χ0n) is 10.0. The first-order valence-electron chi connectivity index (χ1n) is 6.30. The lowest BCUT2D eigenvalue weighted by Crippen LogP contribution is -2.04. The molecule has 2 aromatic heterocycles. The minimum atomic E-state index is 0.580. The zero-order chi connectivity index (χ0) is 11.8. The van der Waals surface area contributed by atoms with Crippen LogP contribution in [-0.4, -0.2) is 4.98 Å². The summed E-state index contributed by atoms with van der Waals surface area (Å²) in [4.78, 5) is 4.37. The van der Waals surface area contributed by atoms with Crippen molar-refractivity contribution in [3.63, 3.8) is 0 Å². The number of aromatic nitrogens is 1. The normalized spacial score (nSPS) is 17.8. The Morgan fingerprint density at radius 2 is 2.06 bits per heavy atom. The molecule has 1 aliphatic carbocycles. The first-order chi connectivity index (χ1) is 8.25. The molecule has 0 radical (unpaired) electrons. The Hall–Kier alpha value is -1.02. The SMILES string of the molecule is Cc1c(C2CCCCC2)oc2cc(Cl)cnc12. The van der Waals surface area contributed by atoms with Crippen LogP contribution < -0.4 is 0 Å². The molecule has 2 aromatic rings. The van der Waals surface area contributed by atoms with E-state index in [4.69, 9.17) is 16.0 Å². The predicted molar refractivity (Wildman–Crippen MR) is 69.6 cm³/mol. The van der Waals surface area contributed by atoms with Gasteiger partial charge in [0.05, 0.1) is 5.02 Å². The Bertz CT molecular complexity index is 540. The minimum Gasteiger partial charge on any atom is -0.459 e. The molecule has 1 aliphatic rings. The highest BCUT2D eigenvalue weighted by molar-refractivity contribution is 6.31. The highest BCUT2D eigenvalue weighted by Gasteiger charge is 2.22. The van der Waals surface area contributed by atoms with E-state index in [1.807, 2.05) is 6.07 Å². The molecule has 3 heteroatoms. The van der Waals surface area contributed by atoms with Gasteiger partial charge in [-0.15, -0.1) is 0 Å². The first-order valence-corrected chi connectivity index (χ1v) is 6.68. The van der Waals surface area contributed by atoms with Crippen molar-refractivity contribution < 1.29 is 4.42 Å². The van der Waals surface area contributed by atoms with Gasteiger partial charge in [-0.3, -0.25) is 4.98 Å². The van der Waals surface area contributed by atoms with Crippen LogP contribution in [0.2, 0.25) is 5.02 Å². The van der Waals surface area contributed by atoms with Crippen LogP contribution in [-0.2, 0) is 0 Å². The van der Waals surface area contributed by atoms with Crippen molar-refractivity contribution in [2.45, 2.75) is 44.9 Å². The zero-order valence-corrected chi connectivity index (χ0v) is 10.8. The number of furan rings is 1. The highest BCUT2D eigenvalue weighted by Crippen LogP contribution is 2.38. The van der Waals surface area contributed by atoms with Crippen LogP contribution in [0.5, 0.6) is 0 Å². The number of hydrogen-bond acceptors (Lipinski definition) is 2. The third-order valence-corrected chi connectivity index (χ3v) is 3.95. The van der Waals surface area contributed by atoms with E-state index in [0.29, 0.717) is 10.9 Å². The van der Waals surface area contributed by atoms with Crippen molar-refractivity contribution in [2.24, 2.45) is 0 Å². The summed E-state index contributed by atoms with van der Waals surface area (Å²) in [7, 11) is 0. The van der Waals surface area contributed by atoms with Crippen LogP contribution >= 0.6 is 11.6 Å². The lowest BCUT2D eigenvalue weighted by molar-refractivity contribution is 0.383. The summed E-state index contributed by atoms with van der Waals surface area (Å²) < 4.78 is 5.97. The lowest BCUT2D eigenvalue weighted by Gasteiger charge is -2.19. The number of fused-ring (bicyclic) bond motifs is 1. The molecule has 1 fully saturated rings. The summed E-state index contributed by atoms with van der Waals surface area (Å²) in [6.45, 7) is 2.11. The molecule has 3 rings (SSSR count). The maximum absolute atomic E-state index is 5.97. The number of rotatable bonds is 1. The van der Waals surface area contributed by atoms with Gasteiger partial charge in [-0.2, -0.15) is 0 Å². The van der Waals surface area contributed by atoms with Crippen LogP contribution in [0.25, 0.3) is 11.1 Å². The Labute approximate surface area is 106 Å². The summed E-state index contributed by atoms with van der Waals surface area (Å²) in [5.74, 6) is 1.71. The van der Waals surface area contributed by atoms with Crippen LogP contribution in [0.1, 0.15) is 49.3 Å². The number of hydrogen-bond donors (Lipinski definition) is 0. The molecule has 2 heterocycles. The monoisotopic (exact) mass is 249 g/mol. The molecule has 0 aliphatic heterocycles. The van der Waals surface area contributed by atoms with Gasteiger partial charge in [0.2, 0.25) is 0 Å². The van der Waals surface area contributed by atoms with Crippen molar-refractivity contribution in [3.05, 3.63) is 28.6 Å². The van der Waals surface area contributed by atoms with Gasteiger partial charge in [0.1, 0.15) is 11.3 Å². The molecule has 17 heavy (non-hydrogen) atoms. The van der Waals surface area contributed by atoms with Crippen LogP contribution in [0, 0.1) is 6.92 Å². The Morgan fingerprint density at radius 3 is 2.82 bits per heavy atom.